The second kappa shape index (κ2) is 6.96. The van der Waals surface area contributed by atoms with E-state index in [0.29, 0.717) is 23.3 Å². The predicted octanol–water partition coefficient (Wildman–Crippen LogP) is 2.07. The SMILES string of the molecule is CCc1nc(Cl)cc(NCC(C=N)C=NC)n1. The minimum Gasteiger partial charge on any atom is -0.369 e. The number of aromatic nitrogens is 2. The average Bonchev–Trinajstić information content (AvgIpc) is 2.33. The first-order valence-corrected chi connectivity index (χ1v) is 5.77. The molecule has 1 rings (SSSR count). The van der Waals surface area contributed by atoms with E-state index in [1.54, 1.807) is 19.3 Å². The standard InChI is InChI=1S/C11H16ClN5/c1-3-10-16-9(12)4-11(17-10)15-7-8(5-13)6-14-2/h4-6,8,13H,3,7H2,1-2H3,(H,15,16,17). The molecule has 1 aromatic heterocycles. The highest BCUT2D eigenvalue weighted by Gasteiger charge is 2.04. The number of hydrogen-bond donors (Lipinski definition) is 2. The highest BCUT2D eigenvalue weighted by Crippen LogP contribution is 2.12. The van der Waals surface area contributed by atoms with Crippen molar-refractivity contribution in [3.05, 3.63) is 17.0 Å². The monoisotopic (exact) mass is 253 g/mol. The van der Waals surface area contributed by atoms with E-state index < -0.39 is 0 Å². The lowest BCUT2D eigenvalue weighted by atomic mass is 10.2. The largest absolute Gasteiger partial charge is 0.369 e. The Morgan fingerprint density at radius 2 is 2.35 bits per heavy atom. The van der Waals surface area contributed by atoms with Crippen LogP contribution in [0.2, 0.25) is 5.15 Å². The summed E-state index contributed by atoms with van der Waals surface area (Å²) in [6.45, 7) is 2.54. The van der Waals surface area contributed by atoms with E-state index in [-0.39, 0.29) is 5.92 Å². The van der Waals surface area contributed by atoms with Gasteiger partial charge in [-0.25, -0.2) is 9.97 Å². The molecule has 17 heavy (non-hydrogen) atoms. The summed E-state index contributed by atoms with van der Waals surface area (Å²) in [4.78, 5) is 12.3. The van der Waals surface area contributed by atoms with Gasteiger partial charge in [-0.2, -0.15) is 0 Å². The normalized spacial score (nSPS) is 12.6. The average molecular weight is 254 g/mol. The second-order valence-electron chi connectivity index (χ2n) is 3.46. The summed E-state index contributed by atoms with van der Waals surface area (Å²) >= 11 is 5.88. The molecular formula is C11H16ClN5. The van der Waals surface area contributed by atoms with Crippen molar-refractivity contribution < 1.29 is 0 Å². The van der Waals surface area contributed by atoms with Gasteiger partial charge in [0.05, 0.1) is 0 Å². The highest BCUT2D eigenvalue weighted by atomic mass is 35.5. The summed E-state index contributed by atoms with van der Waals surface area (Å²) in [7, 11) is 1.69. The van der Waals surface area contributed by atoms with Crippen LogP contribution < -0.4 is 5.32 Å². The lowest BCUT2D eigenvalue weighted by Crippen LogP contribution is -2.17. The minimum atomic E-state index is -0.0428. The van der Waals surface area contributed by atoms with Gasteiger partial charge in [-0.1, -0.05) is 18.5 Å². The fourth-order valence-electron chi connectivity index (χ4n) is 1.28. The van der Waals surface area contributed by atoms with E-state index in [4.69, 9.17) is 17.0 Å². The number of nitrogens with one attached hydrogen (secondary N) is 2. The van der Waals surface area contributed by atoms with Crippen molar-refractivity contribution in [2.24, 2.45) is 10.9 Å². The zero-order valence-corrected chi connectivity index (χ0v) is 10.7. The maximum Gasteiger partial charge on any atom is 0.134 e. The highest BCUT2D eigenvalue weighted by molar-refractivity contribution is 6.29. The molecule has 5 nitrogen and oxygen atoms in total. The van der Waals surface area contributed by atoms with Crippen LogP contribution in [0.1, 0.15) is 12.7 Å². The zero-order chi connectivity index (χ0) is 12.7. The van der Waals surface area contributed by atoms with Crippen LogP contribution in [0.3, 0.4) is 0 Å². The Labute approximate surface area is 106 Å². The molecule has 6 heteroatoms. The molecule has 0 aliphatic carbocycles. The van der Waals surface area contributed by atoms with Gasteiger partial charge in [-0.15, -0.1) is 0 Å². The fourth-order valence-corrected chi connectivity index (χ4v) is 1.48. The maximum absolute atomic E-state index is 7.23. The first-order valence-electron chi connectivity index (χ1n) is 5.39. The van der Waals surface area contributed by atoms with Crippen molar-refractivity contribution in [2.45, 2.75) is 13.3 Å². The van der Waals surface area contributed by atoms with Gasteiger partial charge in [0.2, 0.25) is 0 Å². The Kier molecular flexibility index (Phi) is 5.56. The summed E-state index contributed by atoms with van der Waals surface area (Å²) in [5.41, 5.74) is 0. The van der Waals surface area contributed by atoms with Gasteiger partial charge < -0.3 is 15.7 Å². The van der Waals surface area contributed by atoms with E-state index in [1.165, 1.54) is 6.21 Å². The van der Waals surface area contributed by atoms with Crippen molar-refractivity contribution in [3.63, 3.8) is 0 Å². The number of aryl methyl sites for hydroxylation is 1. The molecular weight excluding hydrogens is 238 g/mol. The Morgan fingerprint density at radius 1 is 1.59 bits per heavy atom. The smallest absolute Gasteiger partial charge is 0.134 e. The van der Waals surface area contributed by atoms with Gasteiger partial charge in [0.25, 0.3) is 0 Å². The molecule has 0 saturated heterocycles. The minimum absolute atomic E-state index is 0.0428. The van der Waals surface area contributed by atoms with Crippen LogP contribution in [0.4, 0.5) is 5.82 Å². The van der Waals surface area contributed by atoms with Crippen molar-refractivity contribution in [1.82, 2.24) is 9.97 Å². The van der Waals surface area contributed by atoms with Gasteiger partial charge >= 0.3 is 0 Å². The van der Waals surface area contributed by atoms with Crippen LogP contribution in [0.15, 0.2) is 11.1 Å². The molecule has 0 amide bonds. The third-order valence-electron chi connectivity index (χ3n) is 2.13. The number of halogens is 1. The third-order valence-corrected chi connectivity index (χ3v) is 2.32. The first kappa shape index (κ1) is 13.6. The van der Waals surface area contributed by atoms with E-state index in [0.717, 1.165) is 6.42 Å². The molecule has 0 spiro atoms. The Hall–Kier alpha value is -1.49. The fraction of sp³-hybridized carbons (Fsp3) is 0.455. The van der Waals surface area contributed by atoms with Crippen LogP contribution in [0, 0.1) is 11.3 Å². The number of rotatable bonds is 6. The number of hydrogen-bond acceptors (Lipinski definition) is 5. The Balaban J connectivity index is 2.68. The lowest BCUT2D eigenvalue weighted by molar-refractivity contribution is 0.916. The predicted molar refractivity (Wildman–Crippen MR) is 71.6 cm³/mol. The topological polar surface area (TPSA) is 74.0 Å². The van der Waals surface area contributed by atoms with Crippen LogP contribution in [-0.2, 0) is 6.42 Å². The number of aliphatic imine (C=N–C) groups is 1. The van der Waals surface area contributed by atoms with Crippen LogP contribution in [0.25, 0.3) is 0 Å². The van der Waals surface area contributed by atoms with Gasteiger partial charge in [0.15, 0.2) is 0 Å². The summed E-state index contributed by atoms with van der Waals surface area (Å²) < 4.78 is 0. The molecule has 0 bridgehead atoms. The van der Waals surface area contributed by atoms with Crippen molar-refractivity contribution >= 4 is 29.8 Å². The van der Waals surface area contributed by atoms with Gasteiger partial charge in [0.1, 0.15) is 16.8 Å². The zero-order valence-electron chi connectivity index (χ0n) is 9.94. The molecule has 0 fully saturated rings. The molecule has 1 unspecified atom stereocenters. The van der Waals surface area contributed by atoms with Crippen LogP contribution >= 0.6 is 11.6 Å². The molecule has 0 aromatic carbocycles. The molecule has 92 valence electrons. The molecule has 1 heterocycles. The summed E-state index contributed by atoms with van der Waals surface area (Å²) in [5.74, 6) is 1.34. The van der Waals surface area contributed by atoms with Crippen molar-refractivity contribution in [1.29, 1.82) is 5.41 Å². The van der Waals surface area contributed by atoms with E-state index in [2.05, 4.69) is 20.3 Å². The molecule has 0 radical (unpaired) electrons. The van der Waals surface area contributed by atoms with E-state index in [9.17, 15) is 0 Å². The quantitative estimate of drug-likeness (QED) is 0.602. The maximum atomic E-state index is 7.23. The summed E-state index contributed by atoms with van der Waals surface area (Å²) in [5, 5.41) is 10.8. The number of anilines is 1. The van der Waals surface area contributed by atoms with Gasteiger partial charge in [-0.3, -0.25) is 0 Å². The molecule has 1 atom stereocenters. The molecule has 1 aromatic rings. The second-order valence-corrected chi connectivity index (χ2v) is 3.85. The van der Waals surface area contributed by atoms with Crippen molar-refractivity contribution in [3.8, 4) is 0 Å². The molecule has 0 aliphatic heterocycles. The third kappa shape index (κ3) is 4.48. The first-order chi connectivity index (χ1) is 8.19. The van der Waals surface area contributed by atoms with Crippen LogP contribution in [-0.4, -0.2) is 36.0 Å². The Morgan fingerprint density at radius 3 is 2.94 bits per heavy atom. The van der Waals surface area contributed by atoms with Gasteiger partial charge in [0, 0.05) is 44.4 Å². The number of nitrogens with zero attached hydrogens (tertiary/aromatic N) is 3. The lowest BCUT2D eigenvalue weighted by Gasteiger charge is -2.09. The van der Waals surface area contributed by atoms with Gasteiger partial charge in [-0.05, 0) is 0 Å². The van der Waals surface area contributed by atoms with Crippen molar-refractivity contribution in [2.75, 3.05) is 18.9 Å². The summed E-state index contributed by atoms with van der Waals surface area (Å²) in [6, 6.07) is 1.67. The van der Waals surface area contributed by atoms with E-state index in [1.807, 2.05) is 6.92 Å². The van der Waals surface area contributed by atoms with Crippen LogP contribution in [0.5, 0.6) is 0 Å². The summed E-state index contributed by atoms with van der Waals surface area (Å²) in [6.07, 6.45) is 3.78. The molecule has 2 N–H and O–H groups in total. The van der Waals surface area contributed by atoms with E-state index >= 15 is 0 Å². The molecule has 0 aliphatic rings. The Bertz CT molecular complexity index is 405. The molecule has 0 saturated carbocycles.